The first-order valence-electron chi connectivity index (χ1n) is 5.20. The molecule has 0 aliphatic rings. The van der Waals surface area contributed by atoms with E-state index in [1.807, 2.05) is 0 Å². The Morgan fingerprint density at radius 3 is 3.00 bits per heavy atom. The monoisotopic (exact) mass is 234 g/mol. The fraction of sp³-hybridized carbons (Fsp3) is 0.250. The summed E-state index contributed by atoms with van der Waals surface area (Å²) in [6.45, 7) is 1.60. The highest BCUT2D eigenvalue weighted by atomic mass is 19.1. The highest BCUT2D eigenvalue weighted by Gasteiger charge is 2.13. The van der Waals surface area contributed by atoms with Gasteiger partial charge in [-0.1, -0.05) is 6.92 Å². The van der Waals surface area contributed by atoms with E-state index in [9.17, 15) is 9.18 Å². The van der Waals surface area contributed by atoms with Crippen molar-refractivity contribution >= 4 is 16.9 Å². The zero-order valence-corrected chi connectivity index (χ0v) is 9.22. The molecule has 0 radical (unpaired) electrons. The largest absolute Gasteiger partial charge is 0.481 e. The Labute approximate surface area is 97.1 Å². The number of aromatic nitrogens is 2. The molecule has 0 spiro atoms. The van der Waals surface area contributed by atoms with Gasteiger partial charge in [0.2, 0.25) is 0 Å². The van der Waals surface area contributed by atoms with Gasteiger partial charge in [-0.2, -0.15) is 0 Å². The van der Waals surface area contributed by atoms with Gasteiger partial charge < -0.3 is 5.11 Å². The first kappa shape index (κ1) is 11.4. The number of hydrogen-bond acceptors (Lipinski definition) is 3. The van der Waals surface area contributed by atoms with E-state index in [1.54, 1.807) is 13.0 Å². The number of benzene rings is 1. The van der Waals surface area contributed by atoms with E-state index in [0.717, 1.165) is 0 Å². The normalized spacial score (nSPS) is 12.6. The van der Waals surface area contributed by atoms with E-state index >= 15 is 0 Å². The van der Waals surface area contributed by atoms with Crippen molar-refractivity contribution in [1.29, 1.82) is 0 Å². The van der Waals surface area contributed by atoms with Gasteiger partial charge in [0.05, 0.1) is 11.4 Å². The molecule has 0 bridgehead atoms. The molecule has 2 rings (SSSR count). The molecule has 17 heavy (non-hydrogen) atoms. The van der Waals surface area contributed by atoms with Crippen LogP contribution >= 0.6 is 0 Å². The molecule has 5 heteroatoms. The van der Waals surface area contributed by atoms with Crippen LogP contribution in [0.2, 0.25) is 0 Å². The molecule has 1 aromatic carbocycles. The lowest BCUT2D eigenvalue weighted by molar-refractivity contribution is -0.141. The summed E-state index contributed by atoms with van der Waals surface area (Å²) in [5.74, 6) is -1.30. The Hall–Kier alpha value is -2.04. The minimum Gasteiger partial charge on any atom is -0.481 e. The topological polar surface area (TPSA) is 63.1 Å². The van der Waals surface area contributed by atoms with Gasteiger partial charge in [-0.15, -0.1) is 0 Å². The van der Waals surface area contributed by atoms with Gasteiger partial charge in [-0.3, -0.25) is 4.79 Å². The van der Waals surface area contributed by atoms with Crippen LogP contribution in [0.25, 0.3) is 10.9 Å². The number of hydrogen-bond donors (Lipinski definition) is 1. The summed E-state index contributed by atoms with van der Waals surface area (Å²) < 4.78 is 12.9. The van der Waals surface area contributed by atoms with Crippen LogP contribution < -0.4 is 0 Å². The lowest BCUT2D eigenvalue weighted by Crippen LogP contribution is -2.14. The van der Waals surface area contributed by atoms with Gasteiger partial charge in [0.1, 0.15) is 11.6 Å². The summed E-state index contributed by atoms with van der Waals surface area (Å²) in [5.41, 5.74) is 0.619. The maximum atomic E-state index is 12.9. The zero-order chi connectivity index (χ0) is 12.4. The number of carboxylic acids is 1. The second kappa shape index (κ2) is 4.45. The molecule has 1 heterocycles. The van der Waals surface area contributed by atoms with Gasteiger partial charge in [-0.25, -0.2) is 14.4 Å². The molecular weight excluding hydrogens is 223 g/mol. The summed E-state index contributed by atoms with van der Waals surface area (Å²) >= 11 is 0. The third-order valence-electron chi connectivity index (χ3n) is 2.50. The molecule has 0 saturated carbocycles. The number of nitrogens with zero attached hydrogens (tertiary/aromatic N) is 2. The van der Waals surface area contributed by atoms with E-state index in [-0.39, 0.29) is 12.2 Å². The number of halogens is 1. The Kier molecular flexibility index (Phi) is 2.99. The molecule has 1 atom stereocenters. The van der Waals surface area contributed by atoms with Crippen LogP contribution in [-0.2, 0) is 11.2 Å². The van der Waals surface area contributed by atoms with Crippen molar-refractivity contribution in [2.45, 2.75) is 13.3 Å². The average Bonchev–Trinajstić information content (AvgIpc) is 2.29. The van der Waals surface area contributed by atoms with Crippen LogP contribution in [0.15, 0.2) is 24.4 Å². The number of rotatable bonds is 3. The van der Waals surface area contributed by atoms with Gasteiger partial charge in [-0.05, 0) is 18.2 Å². The second-order valence-corrected chi connectivity index (χ2v) is 3.93. The lowest BCUT2D eigenvalue weighted by Gasteiger charge is -2.05. The number of aliphatic carboxylic acids is 1. The van der Waals surface area contributed by atoms with Crippen molar-refractivity contribution < 1.29 is 14.3 Å². The third kappa shape index (κ3) is 2.55. The molecule has 0 saturated heterocycles. The quantitative estimate of drug-likeness (QED) is 0.882. The summed E-state index contributed by atoms with van der Waals surface area (Å²) in [6, 6.07) is 4.22. The number of fused-ring (bicyclic) bond motifs is 1. The van der Waals surface area contributed by atoms with Crippen molar-refractivity contribution in [3.8, 4) is 0 Å². The molecule has 0 fully saturated rings. The maximum Gasteiger partial charge on any atom is 0.306 e. The molecule has 1 N–H and O–H groups in total. The fourth-order valence-electron chi connectivity index (χ4n) is 1.50. The highest BCUT2D eigenvalue weighted by Crippen LogP contribution is 2.13. The van der Waals surface area contributed by atoms with E-state index in [1.165, 1.54) is 18.3 Å². The van der Waals surface area contributed by atoms with Crippen LogP contribution in [0, 0.1) is 11.7 Å². The Balaban J connectivity index is 2.32. The van der Waals surface area contributed by atoms with E-state index in [4.69, 9.17) is 5.11 Å². The van der Waals surface area contributed by atoms with Gasteiger partial charge in [0.15, 0.2) is 0 Å². The van der Waals surface area contributed by atoms with Crippen molar-refractivity contribution in [3.63, 3.8) is 0 Å². The van der Waals surface area contributed by atoms with Crippen LogP contribution in [0.5, 0.6) is 0 Å². The molecule has 1 aromatic heterocycles. The minimum atomic E-state index is -0.882. The minimum absolute atomic E-state index is 0.267. The lowest BCUT2D eigenvalue weighted by atomic mass is 10.1. The van der Waals surface area contributed by atoms with Gasteiger partial charge in [0, 0.05) is 18.0 Å². The summed E-state index contributed by atoms with van der Waals surface area (Å²) in [7, 11) is 0. The van der Waals surface area contributed by atoms with Crippen molar-refractivity contribution in [1.82, 2.24) is 9.97 Å². The Bertz CT molecular complexity index is 571. The van der Waals surface area contributed by atoms with Crippen LogP contribution in [0.4, 0.5) is 4.39 Å². The summed E-state index contributed by atoms with van der Waals surface area (Å²) in [4.78, 5) is 18.9. The fourth-order valence-corrected chi connectivity index (χ4v) is 1.50. The summed E-state index contributed by atoms with van der Waals surface area (Å²) in [6.07, 6.45) is 1.78. The molecule has 88 valence electrons. The maximum absolute atomic E-state index is 12.9. The number of carboxylic acid groups (broad SMARTS) is 1. The predicted octanol–water partition coefficient (Wildman–Crippen LogP) is 2.03. The van der Waals surface area contributed by atoms with Crippen LogP contribution in [-0.4, -0.2) is 21.0 Å². The zero-order valence-electron chi connectivity index (χ0n) is 9.22. The SMILES string of the molecule is CC(Cc1ncc2cc(F)ccc2n1)C(=O)O. The average molecular weight is 234 g/mol. The van der Waals surface area contributed by atoms with E-state index in [0.29, 0.717) is 16.7 Å². The van der Waals surface area contributed by atoms with Gasteiger partial charge >= 0.3 is 5.97 Å². The van der Waals surface area contributed by atoms with Crippen LogP contribution in [0.1, 0.15) is 12.7 Å². The first-order valence-corrected chi connectivity index (χ1v) is 5.20. The standard InChI is InChI=1S/C12H11FN2O2/c1-7(12(16)17)4-11-14-6-8-5-9(13)2-3-10(8)15-11/h2-3,5-7H,4H2,1H3,(H,16,17). The second-order valence-electron chi connectivity index (χ2n) is 3.93. The smallest absolute Gasteiger partial charge is 0.306 e. The third-order valence-corrected chi connectivity index (χ3v) is 2.50. The van der Waals surface area contributed by atoms with Crippen LogP contribution in [0.3, 0.4) is 0 Å². The predicted molar refractivity (Wildman–Crippen MR) is 60.0 cm³/mol. The molecular formula is C12H11FN2O2. The summed E-state index contributed by atoms with van der Waals surface area (Å²) in [5, 5.41) is 9.40. The van der Waals surface area contributed by atoms with E-state index < -0.39 is 11.9 Å². The van der Waals surface area contributed by atoms with Gasteiger partial charge in [0.25, 0.3) is 0 Å². The molecule has 0 aliphatic carbocycles. The Morgan fingerprint density at radius 2 is 2.29 bits per heavy atom. The molecule has 2 aromatic rings. The highest BCUT2D eigenvalue weighted by molar-refractivity contribution is 5.77. The molecule has 0 amide bonds. The van der Waals surface area contributed by atoms with Crippen molar-refractivity contribution in [2.75, 3.05) is 0 Å². The van der Waals surface area contributed by atoms with Crippen molar-refractivity contribution in [2.24, 2.45) is 5.92 Å². The first-order chi connectivity index (χ1) is 8.06. The molecule has 1 unspecified atom stereocenters. The van der Waals surface area contributed by atoms with E-state index in [2.05, 4.69) is 9.97 Å². The number of carbonyl (C=O) groups is 1. The Morgan fingerprint density at radius 1 is 1.53 bits per heavy atom. The van der Waals surface area contributed by atoms with Crippen molar-refractivity contribution in [3.05, 3.63) is 36.0 Å². The molecule has 0 aliphatic heterocycles. The molecule has 4 nitrogen and oxygen atoms in total.